The van der Waals surface area contributed by atoms with Crippen molar-refractivity contribution in [1.82, 2.24) is 5.32 Å². The van der Waals surface area contributed by atoms with Crippen molar-refractivity contribution in [3.8, 4) is 0 Å². The molecule has 0 radical (unpaired) electrons. The van der Waals surface area contributed by atoms with Crippen molar-refractivity contribution in [3.05, 3.63) is 24.3 Å². The van der Waals surface area contributed by atoms with Gasteiger partial charge in [0.05, 0.1) is 0 Å². The Hall–Kier alpha value is -1.55. The smallest absolute Gasteiger partial charge is 0.226 e. The molecule has 0 saturated carbocycles. The Bertz CT molecular complexity index is 425. The first-order valence-corrected chi connectivity index (χ1v) is 7.03. The van der Waals surface area contributed by atoms with Gasteiger partial charge in [-0.05, 0) is 37.6 Å². The molecule has 1 aromatic carbocycles. The summed E-state index contributed by atoms with van der Waals surface area (Å²) in [5, 5.41) is 9.79. The maximum atomic E-state index is 11.6. The molecule has 1 aliphatic heterocycles. The van der Waals surface area contributed by atoms with Gasteiger partial charge in [-0.25, -0.2) is 0 Å². The number of carbonyl (C=O) groups is 1. The summed E-state index contributed by atoms with van der Waals surface area (Å²) >= 11 is 0. The molecule has 1 unspecified atom stereocenters. The second-order valence-corrected chi connectivity index (χ2v) is 5.40. The standard InChI is InChI=1S/C15H23N3O/c1-11(2)15(19)18-13-6-3-5-12(9-13)17-10-14-7-4-8-16-14/h3,5-6,9,11,14,16-17H,4,7-8,10H2,1-2H3,(H,18,19). The molecule has 1 aliphatic rings. The average molecular weight is 261 g/mol. The first-order chi connectivity index (χ1) is 9.15. The molecule has 0 aromatic heterocycles. The molecule has 1 saturated heterocycles. The summed E-state index contributed by atoms with van der Waals surface area (Å²) in [7, 11) is 0. The highest BCUT2D eigenvalue weighted by Crippen LogP contribution is 2.16. The number of carbonyl (C=O) groups excluding carboxylic acids is 1. The third kappa shape index (κ3) is 4.24. The maximum Gasteiger partial charge on any atom is 0.226 e. The minimum absolute atomic E-state index is 0.000644. The molecular formula is C15H23N3O. The highest BCUT2D eigenvalue weighted by Gasteiger charge is 2.13. The van der Waals surface area contributed by atoms with E-state index in [1.807, 2.05) is 38.1 Å². The normalized spacial score (nSPS) is 18.6. The van der Waals surface area contributed by atoms with Gasteiger partial charge in [0, 0.05) is 29.9 Å². The van der Waals surface area contributed by atoms with E-state index in [0.717, 1.165) is 24.5 Å². The largest absolute Gasteiger partial charge is 0.383 e. The lowest BCUT2D eigenvalue weighted by molar-refractivity contribution is -0.118. The molecule has 104 valence electrons. The number of hydrogen-bond acceptors (Lipinski definition) is 3. The first kappa shape index (κ1) is 13.9. The molecule has 0 bridgehead atoms. The van der Waals surface area contributed by atoms with E-state index in [1.54, 1.807) is 0 Å². The van der Waals surface area contributed by atoms with Crippen LogP contribution in [0.15, 0.2) is 24.3 Å². The zero-order valence-electron chi connectivity index (χ0n) is 11.7. The van der Waals surface area contributed by atoms with Gasteiger partial charge in [0.15, 0.2) is 0 Å². The van der Waals surface area contributed by atoms with Gasteiger partial charge in [0.25, 0.3) is 0 Å². The van der Waals surface area contributed by atoms with Crippen molar-refractivity contribution < 1.29 is 4.79 Å². The van der Waals surface area contributed by atoms with Crippen LogP contribution in [0, 0.1) is 5.92 Å². The van der Waals surface area contributed by atoms with Gasteiger partial charge >= 0.3 is 0 Å². The van der Waals surface area contributed by atoms with Crippen LogP contribution >= 0.6 is 0 Å². The van der Waals surface area contributed by atoms with Gasteiger partial charge < -0.3 is 16.0 Å². The van der Waals surface area contributed by atoms with E-state index in [9.17, 15) is 4.79 Å². The third-order valence-corrected chi connectivity index (χ3v) is 3.37. The number of hydrogen-bond donors (Lipinski definition) is 3. The second kappa shape index (κ2) is 6.57. The Morgan fingerprint density at radius 3 is 2.89 bits per heavy atom. The molecule has 1 heterocycles. The molecule has 4 heteroatoms. The van der Waals surface area contributed by atoms with Crippen LogP contribution in [-0.4, -0.2) is 25.0 Å². The van der Waals surface area contributed by atoms with Crippen LogP contribution in [0.3, 0.4) is 0 Å². The summed E-state index contributed by atoms with van der Waals surface area (Å²) in [5.74, 6) is 0.0499. The molecule has 0 aliphatic carbocycles. The predicted octanol–water partition coefficient (Wildman–Crippen LogP) is 2.45. The van der Waals surface area contributed by atoms with Crippen molar-refractivity contribution in [2.75, 3.05) is 23.7 Å². The summed E-state index contributed by atoms with van der Waals surface area (Å²) in [4.78, 5) is 11.6. The van der Waals surface area contributed by atoms with Crippen LogP contribution in [-0.2, 0) is 4.79 Å². The number of anilines is 2. The average Bonchev–Trinajstić information content (AvgIpc) is 2.90. The summed E-state index contributed by atoms with van der Waals surface area (Å²) in [6.45, 7) is 5.84. The fourth-order valence-corrected chi connectivity index (χ4v) is 2.17. The van der Waals surface area contributed by atoms with Crippen LogP contribution in [0.25, 0.3) is 0 Å². The molecule has 4 nitrogen and oxygen atoms in total. The van der Waals surface area contributed by atoms with Crippen LogP contribution in [0.4, 0.5) is 11.4 Å². The van der Waals surface area contributed by atoms with E-state index < -0.39 is 0 Å². The molecule has 0 spiro atoms. The maximum absolute atomic E-state index is 11.6. The Kier molecular flexibility index (Phi) is 4.80. The van der Waals surface area contributed by atoms with E-state index in [0.29, 0.717) is 6.04 Å². The Balaban J connectivity index is 1.89. The molecule has 1 fully saturated rings. The van der Waals surface area contributed by atoms with E-state index in [4.69, 9.17) is 0 Å². The SMILES string of the molecule is CC(C)C(=O)Nc1cccc(NCC2CCCN2)c1. The van der Waals surface area contributed by atoms with E-state index in [2.05, 4.69) is 16.0 Å². The van der Waals surface area contributed by atoms with Crippen molar-refractivity contribution in [2.45, 2.75) is 32.7 Å². The zero-order valence-corrected chi connectivity index (χ0v) is 11.7. The minimum atomic E-state index is -0.000644. The second-order valence-electron chi connectivity index (χ2n) is 5.40. The van der Waals surface area contributed by atoms with Crippen molar-refractivity contribution in [3.63, 3.8) is 0 Å². The van der Waals surface area contributed by atoms with E-state index in [1.165, 1.54) is 12.8 Å². The van der Waals surface area contributed by atoms with Crippen LogP contribution in [0.1, 0.15) is 26.7 Å². The fraction of sp³-hybridized carbons (Fsp3) is 0.533. The van der Waals surface area contributed by atoms with Crippen molar-refractivity contribution >= 4 is 17.3 Å². The number of benzene rings is 1. The lowest BCUT2D eigenvalue weighted by Gasteiger charge is -2.14. The van der Waals surface area contributed by atoms with Gasteiger partial charge in [-0.15, -0.1) is 0 Å². The molecule has 1 atom stereocenters. The number of rotatable bonds is 5. The molecular weight excluding hydrogens is 238 g/mol. The van der Waals surface area contributed by atoms with Gasteiger partial charge in [-0.3, -0.25) is 4.79 Å². The number of nitrogens with one attached hydrogen (secondary N) is 3. The zero-order chi connectivity index (χ0) is 13.7. The topological polar surface area (TPSA) is 53.2 Å². The summed E-state index contributed by atoms with van der Waals surface area (Å²) in [6, 6.07) is 8.45. The van der Waals surface area contributed by atoms with E-state index in [-0.39, 0.29) is 11.8 Å². The van der Waals surface area contributed by atoms with Crippen molar-refractivity contribution in [1.29, 1.82) is 0 Å². The van der Waals surface area contributed by atoms with Gasteiger partial charge in [-0.2, -0.15) is 0 Å². The van der Waals surface area contributed by atoms with Gasteiger partial charge in [-0.1, -0.05) is 19.9 Å². The van der Waals surface area contributed by atoms with Gasteiger partial charge in [0.2, 0.25) is 5.91 Å². The predicted molar refractivity (Wildman–Crippen MR) is 79.4 cm³/mol. The molecule has 3 N–H and O–H groups in total. The molecule has 2 rings (SSSR count). The summed E-state index contributed by atoms with van der Waals surface area (Å²) in [5.41, 5.74) is 1.90. The van der Waals surface area contributed by atoms with E-state index >= 15 is 0 Å². The minimum Gasteiger partial charge on any atom is -0.383 e. The molecule has 1 amide bonds. The fourth-order valence-electron chi connectivity index (χ4n) is 2.17. The lowest BCUT2D eigenvalue weighted by Crippen LogP contribution is -2.29. The van der Waals surface area contributed by atoms with Crippen molar-refractivity contribution in [2.24, 2.45) is 5.92 Å². The van der Waals surface area contributed by atoms with Gasteiger partial charge in [0.1, 0.15) is 0 Å². The van der Waals surface area contributed by atoms with Crippen LogP contribution < -0.4 is 16.0 Å². The number of amides is 1. The summed E-state index contributed by atoms with van der Waals surface area (Å²) in [6.07, 6.45) is 2.49. The Morgan fingerprint density at radius 1 is 1.42 bits per heavy atom. The Morgan fingerprint density at radius 2 is 2.21 bits per heavy atom. The third-order valence-electron chi connectivity index (χ3n) is 3.37. The lowest BCUT2D eigenvalue weighted by atomic mass is 10.2. The van der Waals surface area contributed by atoms with Crippen LogP contribution in [0.2, 0.25) is 0 Å². The highest BCUT2D eigenvalue weighted by molar-refractivity contribution is 5.92. The molecule has 1 aromatic rings. The monoisotopic (exact) mass is 261 g/mol. The highest BCUT2D eigenvalue weighted by atomic mass is 16.1. The first-order valence-electron chi connectivity index (χ1n) is 7.03. The van der Waals surface area contributed by atoms with Crippen LogP contribution in [0.5, 0.6) is 0 Å². The Labute approximate surface area is 115 Å². The summed E-state index contributed by atoms with van der Waals surface area (Å²) < 4.78 is 0. The molecule has 19 heavy (non-hydrogen) atoms. The quantitative estimate of drug-likeness (QED) is 0.763.